The molecule has 0 saturated carbocycles. The zero-order valence-electron chi connectivity index (χ0n) is 10.5. The summed E-state index contributed by atoms with van der Waals surface area (Å²) < 4.78 is 0. The van der Waals surface area contributed by atoms with Gasteiger partial charge in [-0.25, -0.2) is 4.79 Å². The summed E-state index contributed by atoms with van der Waals surface area (Å²) in [7, 11) is 0. The molecule has 0 amide bonds. The monoisotopic (exact) mass is 245 g/mol. The van der Waals surface area contributed by atoms with Crippen LogP contribution in [0.25, 0.3) is 11.0 Å². The molecule has 18 heavy (non-hydrogen) atoms. The van der Waals surface area contributed by atoms with E-state index in [-0.39, 0.29) is 5.69 Å². The maximum absolute atomic E-state index is 11.2. The van der Waals surface area contributed by atoms with Crippen LogP contribution in [0.15, 0.2) is 23.0 Å². The number of hydrogen-bond donors (Lipinski definition) is 3. The number of rotatable bonds is 3. The van der Waals surface area contributed by atoms with Crippen LogP contribution >= 0.6 is 0 Å². The number of aryl methyl sites for hydroxylation is 1. The smallest absolute Gasteiger partial charge is 0.316 e. The van der Waals surface area contributed by atoms with Crippen molar-refractivity contribution in [1.82, 2.24) is 15.3 Å². The van der Waals surface area contributed by atoms with Gasteiger partial charge in [0.15, 0.2) is 0 Å². The first-order chi connectivity index (χ1) is 8.81. The van der Waals surface area contributed by atoms with Crippen molar-refractivity contribution in [1.29, 1.82) is 0 Å². The van der Waals surface area contributed by atoms with Gasteiger partial charge in [-0.2, -0.15) is 0 Å². The third kappa shape index (κ3) is 2.48. The quantitative estimate of drug-likeness (QED) is 0.772. The van der Waals surface area contributed by atoms with Crippen molar-refractivity contribution in [3.63, 3.8) is 0 Å². The van der Waals surface area contributed by atoms with Crippen molar-refractivity contribution in [2.24, 2.45) is 5.92 Å². The Kier molecular flexibility index (Phi) is 3.19. The molecule has 4 nitrogen and oxygen atoms in total. The normalized spacial score (nSPS) is 20.3. The molecule has 1 atom stereocenters. The average molecular weight is 245 g/mol. The summed E-state index contributed by atoms with van der Waals surface area (Å²) in [6.07, 6.45) is 4.97. The van der Waals surface area contributed by atoms with Gasteiger partial charge in [0.05, 0.1) is 11.0 Å². The Balaban J connectivity index is 1.68. The second kappa shape index (κ2) is 4.98. The van der Waals surface area contributed by atoms with Gasteiger partial charge >= 0.3 is 5.69 Å². The fraction of sp³-hybridized carbons (Fsp3) is 0.500. The lowest BCUT2D eigenvalue weighted by atomic mass is 9.93. The van der Waals surface area contributed by atoms with Gasteiger partial charge in [-0.15, -0.1) is 0 Å². The lowest BCUT2D eigenvalue weighted by Crippen LogP contribution is -2.29. The maximum Gasteiger partial charge on any atom is 0.323 e. The van der Waals surface area contributed by atoms with Gasteiger partial charge < -0.3 is 15.3 Å². The minimum Gasteiger partial charge on any atom is -0.316 e. The second-order valence-electron chi connectivity index (χ2n) is 5.21. The van der Waals surface area contributed by atoms with E-state index in [1.165, 1.54) is 31.4 Å². The molecule has 3 rings (SSSR count). The van der Waals surface area contributed by atoms with Crippen molar-refractivity contribution in [2.75, 3.05) is 13.1 Å². The van der Waals surface area contributed by atoms with Crippen LogP contribution in [0.2, 0.25) is 0 Å². The van der Waals surface area contributed by atoms with Crippen LogP contribution in [0.4, 0.5) is 0 Å². The molecule has 2 heterocycles. The number of imidazole rings is 1. The van der Waals surface area contributed by atoms with Crippen LogP contribution in [-0.2, 0) is 6.42 Å². The highest BCUT2D eigenvalue weighted by Crippen LogP contribution is 2.18. The van der Waals surface area contributed by atoms with E-state index < -0.39 is 0 Å². The fourth-order valence-corrected chi connectivity index (χ4v) is 2.78. The number of hydrogen-bond acceptors (Lipinski definition) is 2. The van der Waals surface area contributed by atoms with E-state index in [4.69, 9.17) is 0 Å². The molecule has 1 aliphatic heterocycles. The van der Waals surface area contributed by atoms with Gasteiger partial charge in [0.1, 0.15) is 0 Å². The van der Waals surface area contributed by atoms with E-state index in [2.05, 4.69) is 27.4 Å². The molecule has 0 bridgehead atoms. The summed E-state index contributed by atoms with van der Waals surface area (Å²) in [5.74, 6) is 0.805. The summed E-state index contributed by atoms with van der Waals surface area (Å²) >= 11 is 0. The number of aromatic amines is 2. The lowest BCUT2D eigenvalue weighted by Gasteiger charge is -2.22. The molecule has 0 spiro atoms. The van der Waals surface area contributed by atoms with E-state index in [1.807, 2.05) is 6.07 Å². The summed E-state index contributed by atoms with van der Waals surface area (Å²) in [5, 5.41) is 3.45. The molecule has 4 heteroatoms. The molecule has 1 aromatic carbocycles. The minimum absolute atomic E-state index is 0.126. The molecule has 96 valence electrons. The van der Waals surface area contributed by atoms with E-state index in [0.29, 0.717) is 0 Å². The number of nitrogens with one attached hydrogen (secondary N) is 3. The van der Waals surface area contributed by atoms with E-state index >= 15 is 0 Å². The number of benzene rings is 1. The maximum atomic E-state index is 11.2. The number of fused-ring (bicyclic) bond motifs is 1. The predicted octanol–water partition coefficient (Wildman–Crippen LogP) is 1.79. The molecule has 1 unspecified atom stereocenters. The molecular weight excluding hydrogens is 226 g/mol. The zero-order valence-corrected chi connectivity index (χ0v) is 10.5. The Morgan fingerprint density at radius 3 is 2.94 bits per heavy atom. The Labute approximate surface area is 106 Å². The molecule has 2 aromatic rings. The van der Waals surface area contributed by atoms with E-state index in [0.717, 1.165) is 29.9 Å². The Bertz CT molecular complexity index is 578. The largest absolute Gasteiger partial charge is 0.323 e. The first kappa shape index (κ1) is 11.5. The van der Waals surface area contributed by atoms with Gasteiger partial charge in [0.2, 0.25) is 0 Å². The molecule has 0 aliphatic carbocycles. The van der Waals surface area contributed by atoms with Gasteiger partial charge in [0.25, 0.3) is 0 Å². The molecule has 1 saturated heterocycles. The minimum atomic E-state index is -0.126. The number of H-pyrrole nitrogens is 2. The highest BCUT2D eigenvalue weighted by molar-refractivity contribution is 5.74. The topological polar surface area (TPSA) is 60.7 Å². The average Bonchev–Trinajstić information content (AvgIpc) is 2.77. The lowest BCUT2D eigenvalue weighted by molar-refractivity contribution is 0.358. The Morgan fingerprint density at radius 1 is 1.22 bits per heavy atom. The highest BCUT2D eigenvalue weighted by Gasteiger charge is 2.12. The van der Waals surface area contributed by atoms with Crippen LogP contribution in [0, 0.1) is 5.92 Å². The van der Waals surface area contributed by atoms with Crippen molar-refractivity contribution in [2.45, 2.75) is 25.7 Å². The van der Waals surface area contributed by atoms with Gasteiger partial charge in [-0.05, 0) is 62.4 Å². The van der Waals surface area contributed by atoms with Crippen molar-refractivity contribution in [3.05, 3.63) is 34.2 Å². The molecule has 1 aromatic heterocycles. The van der Waals surface area contributed by atoms with Gasteiger partial charge in [0, 0.05) is 0 Å². The molecule has 0 radical (unpaired) electrons. The van der Waals surface area contributed by atoms with Crippen molar-refractivity contribution < 1.29 is 0 Å². The summed E-state index contributed by atoms with van der Waals surface area (Å²) in [4.78, 5) is 16.8. The Hall–Kier alpha value is -1.55. The fourth-order valence-electron chi connectivity index (χ4n) is 2.78. The highest BCUT2D eigenvalue weighted by atomic mass is 16.1. The number of aromatic nitrogens is 2. The summed E-state index contributed by atoms with van der Waals surface area (Å²) in [6, 6.07) is 6.19. The van der Waals surface area contributed by atoms with Crippen molar-refractivity contribution in [3.8, 4) is 0 Å². The summed E-state index contributed by atoms with van der Waals surface area (Å²) in [5.41, 5.74) is 2.99. The predicted molar refractivity (Wildman–Crippen MR) is 72.8 cm³/mol. The SMILES string of the molecule is O=c1[nH]c2ccc(CCC3CCCNC3)cc2[nH]1. The van der Waals surface area contributed by atoms with Crippen LogP contribution < -0.4 is 11.0 Å². The van der Waals surface area contributed by atoms with Crippen LogP contribution in [-0.4, -0.2) is 23.1 Å². The second-order valence-corrected chi connectivity index (χ2v) is 5.21. The summed E-state index contributed by atoms with van der Waals surface area (Å²) in [6.45, 7) is 2.33. The van der Waals surface area contributed by atoms with Gasteiger partial charge in [-0.1, -0.05) is 6.07 Å². The van der Waals surface area contributed by atoms with Gasteiger partial charge in [-0.3, -0.25) is 0 Å². The van der Waals surface area contributed by atoms with E-state index in [1.54, 1.807) is 0 Å². The third-order valence-corrected chi connectivity index (χ3v) is 3.82. The standard InChI is InChI=1S/C14H19N3O/c18-14-16-12-6-5-10(8-13(12)17-14)3-4-11-2-1-7-15-9-11/h5-6,8,11,15H,1-4,7,9H2,(H2,16,17,18). The van der Waals surface area contributed by atoms with Crippen LogP contribution in [0.1, 0.15) is 24.8 Å². The van der Waals surface area contributed by atoms with Crippen LogP contribution in [0.5, 0.6) is 0 Å². The Morgan fingerprint density at radius 2 is 2.11 bits per heavy atom. The molecular formula is C14H19N3O. The zero-order chi connectivity index (χ0) is 12.4. The molecule has 1 fully saturated rings. The third-order valence-electron chi connectivity index (χ3n) is 3.82. The van der Waals surface area contributed by atoms with Crippen LogP contribution in [0.3, 0.4) is 0 Å². The number of piperidine rings is 1. The van der Waals surface area contributed by atoms with E-state index in [9.17, 15) is 4.79 Å². The first-order valence-corrected chi connectivity index (χ1v) is 6.73. The molecule has 1 aliphatic rings. The first-order valence-electron chi connectivity index (χ1n) is 6.73. The molecule has 3 N–H and O–H groups in total. The van der Waals surface area contributed by atoms with Crippen molar-refractivity contribution >= 4 is 11.0 Å².